The average Bonchev–Trinajstić information content (AvgIpc) is 3.17. The molecule has 2 atom stereocenters. The first kappa shape index (κ1) is 13.7. The predicted octanol–water partition coefficient (Wildman–Crippen LogP) is 4.66. The second kappa shape index (κ2) is 6.95. The minimum absolute atomic E-state index is 0.349. The van der Waals surface area contributed by atoms with E-state index in [2.05, 4.69) is 35.0 Å². The van der Waals surface area contributed by atoms with Crippen LogP contribution in [0.1, 0.15) is 35.4 Å². The fourth-order valence-corrected chi connectivity index (χ4v) is 3.69. The van der Waals surface area contributed by atoms with E-state index >= 15 is 0 Å². The van der Waals surface area contributed by atoms with Gasteiger partial charge >= 0.3 is 0 Å². The maximum Gasteiger partial charge on any atom is 0.0723 e. The van der Waals surface area contributed by atoms with Crippen molar-refractivity contribution in [2.45, 2.75) is 37.8 Å². The van der Waals surface area contributed by atoms with E-state index in [0.29, 0.717) is 12.1 Å². The van der Waals surface area contributed by atoms with Crippen molar-refractivity contribution in [3.63, 3.8) is 0 Å². The van der Waals surface area contributed by atoms with Gasteiger partial charge in [-0.25, -0.2) is 0 Å². The van der Waals surface area contributed by atoms with Crippen molar-refractivity contribution in [2.24, 2.45) is 9.98 Å². The summed E-state index contributed by atoms with van der Waals surface area (Å²) < 4.78 is 0. The highest BCUT2D eigenvalue weighted by molar-refractivity contribution is 7.12. The Hall–Kier alpha value is -1.26. The van der Waals surface area contributed by atoms with Gasteiger partial charge in [0.2, 0.25) is 0 Å². The molecule has 1 aliphatic rings. The number of thiophene rings is 2. The lowest BCUT2D eigenvalue weighted by molar-refractivity contribution is 0.390. The molecule has 2 aromatic heterocycles. The van der Waals surface area contributed by atoms with Crippen LogP contribution in [0, 0.1) is 0 Å². The van der Waals surface area contributed by atoms with Gasteiger partial charge in [-0.15, -0.1) is 22.7 Å². The number of hydrogen-bond donors (Lipinski definition) is 0. The Morgan fingerprint density at radius 3 is 1.75 bits per heavy atom. The molecule has 0 aromatic carbocycles. The van der Waals surface area contributed by atoms with Crippen molar-refractivity contribution < 1.29 is 0 Å². The molecule has 104 valence electrons. The molecule has 3 rings (SSSR count). The molecule has 0 spiro atoms. The lowest BCUT2D eigenvalue weighted by atomic mass is 9.91. The monoisotopic (exact) mass is 302 g/mol. The van der Waals surface area contributed by atoms with Gasteiger partial charge in [-0.1, -0.05) is 25.0 Å². The highest BCUT2D eigenvalue weighted by atomic mass is 32.1. The second-order valence-electron chi connectivity index (χ2n) is 5.01. The fraction of sp³-hybridized carbons (Fsp3) is 0.375. The first-order valence-electron chi connectivity index (χ1n) is 7.05. The maximum absolute atomic E-state index is 4.78. The van der Waals surface area contributed by atoms with Gasteiger partial charge in [0.05, 0.1) is 12.1 Å². The second-order valence-corrected chi connectivity index (χ2v) is 6.96. The summed E-state index contributed by atoms with van der Waals surface area (Å²) in [6.07, 6.45) is 8.92. The van der Waals surface area contributed by atoms with E-state index in [9.17, 15) is 0 Å². The van der Waals surface area contributed by atoms with Crippen LogP contribution in [0.4, 0.5) is 0 Å². The van der Waals surface area contributed by atoms with Crippen LogP contribution >= 0.6 is 22.7 Å². The van der Waals surface area contributed by atoms with Gasteiger partial charge < -0.3 is 0 Å². The van der Waals surface area contributed by atoms with Crippen molar-refractivity contribution in [2.75, 3.05) is 0 Å². The number of rotatable bonds is 4. The van der Waals surface area contributed by atoms with Gasteiger partial charge in [0.25, 0.3) is 0 Å². The summed E-state index contributed by atoms with van der Waals surface area (Å²) in [6.45, 7) is 0. The molecule has 0 saturated heterocycles. The molecule has 4 heteroatoms. The zero-order chi connectivity index (χ0) is 13.6. The smallest absolute Gasteiger partial charge is 0.0723 e. The van der Waals surface area contributed by atoms with E-state index in [1.165, 1.54) is 22.6 Å². The van der Waals surface area contributed by atoms with E-state index in [1.807, 2.05) is 12.4 Å². The highest BCUT2D eigenvalue weighted by Crippen LogP contribution is 2.24. The summed E-state index contributed by atoms with van der Waals surface area (Å²) in [4.78, 5) is 12.0. The Labute approximate surface area is 127 Å². The van der Waals surface area contributed by atoms with Crippen molar-refractivity contribution in [1.29, 1.82) is 0 Å². The third kappa shape index (κ3) is 3.64. The van der Waals surface area contributed by atoms with Crippen LogP contribution in [0.25, 0.3) is 0 Å². The van der Waals surface area contributed by atoms with Crippen LogP contribution in [-0.2, 0) is 0 Å². The molecule has 1 fully saturated rings. The quantitative estimate of drug-likeness (QED) is 0.734. The first-order chi connectivity index (χ1) is 9.92. The number of nitrogens with zero attached hydrogens (tertiary/aromatic N) is 2. The minimum Gasteiger partial charge on any atom is -0.286 e. The maximum atomic E-state index is 4.78. The van der Waals surface area contributed by atoms with Crippen LogP contribution in [-0.4, -0.2) is 24.5 Å². The summed E-state index contributed by atoms with van der Waals surface area (Å²) in [5.41, 5.74) is 0. The fourth-order valence-electron chi connectivity index (χ4n) is 2.51. The van der Waals surface area contributed by atoms with Gasteiger partial charge in [-0.05, 0) is 35.7 Å². The minimum atomic E-state index is 0.349. The van der Waals surface area contributed by atoms with Crippen LogP contribution in [0.5, 0.6) is 0 Å². The Kier molecular flexibility index (Phi) is 4.77. The summed E-state index contributed by atoms with van der Waals surface area (Å²) in [5.74, 6) is 0. The van der Waals surface area contributed by atoms with Gasteiger partial charge in [-0.3, -0.25) is 9.98 Å². The SMILES string of the molecule is C(=N[C@H]1CCCC[C@H]1N=Cc1cccs1)c1cccs1. The molecule has 0 amide bonds. The zero-order valence-corrected chi connectivity index (χ0v) is 12.9. The van der Waals surface area contributed by atoms with Crippen molar-refractivity contribution in [3.05, 3.63) is 44.8 Å². The van der Waals surface area contributed by atoms with Crippen LogP contribution < -0.4 is 0 Å². The molecule has 2 nitrogen and oxygen atoms in total. The van der Waals surface area contributed by atoms with Crippen LogP contribution in [0.2, 0.25) is 0 Å². The summed E-state index contributed by atoms with van der Waals surface area (Å²) in [6, 6.07) is 9.06. The molecule has 2 heterocycles. The van der Waals surface area contributed by atoms with E-state index in [1.54, 1.807) is 22.7 Å². The number of aliphatic imine (C=N–C) groups is 2. The van der Waals surface area contributed by atoms with Gasteiger partial charge in [0, 0.05) is 22.2 Å². The lowest BCUT2D eigenvalue weighted by Gasteiger charge is -2.25. The van der Waals surface area contributed by atoms with Crippen LogP contribution in [0.3, 0.4) is 0 Å². The topological polar surface area (TPSA) is 24.7 Å². The highest BCUT2D eigenvalue weighted by Gasteiger charge is 2.23. The van der Waals surface area contributed by atoms with Crippen molar-refractivity contribution in [3.8, 4) is 0 Å². The van der Waals surface area contributed by atoms with E-state index < -0.39 is 0 Å². The average molecular weight is 302 g/mol. The molecule has 0 unspecified atom stereocenters. The third-order valence-corrected chi connectivity index (χ3v) is 5.18. The molecule has 0 radical (unpaired) electrons. The van der Waals surface area contributed by atoms with Crippen molar-refractivity contribution >= 4 is 35.1 Å². The lowest BCUT2D eigenvalue weighted by Crippen LogP contribution is -2.27. The summed E-state index contributed by atoms with van der Waals surface area (Å²) in [5, 5.41) is 4.18. The van der Waals surface area contributed by atoms with E-state index in [4.69, 9.17) is 9.98 Å². The molecule has 0 aliphatic heterocycles. The normalized spacial score (nSPS) is 23.8. The largest absolute Gasteiger partial charge is 0.286 e. The molecule has 1 saturated carbocycles. The Balaban J connectivity index is 1.67. The van der Waals surface area contributed by atoms with Gasteiger partial charge in [0.1, 0.15) is 0 Å². The first-order valence-corrected chi connectivity index (χ1v) is 8.81. The Morgan fingerprint density at radius 2 is 1.35 bits per heavy atom. The Morgan fingerprint density at radius 1 is 0.850 bits per heavy atom. The van der Waals surface area contributed by atoms with E-state index in [0.717, 1.165) is 12.8 Å². The molecule has 0 N–H and O–H groups in total. The predicted molar refractivity (Wildman–Crippen MR) is 89.9 cm³/mol. The summed E-state index contributed by atoms with van der Waals surface area (Å²) >= 11 is 3.48. The van der Waals surface area contributed by atoms with Gasteiger partial charge in [-0.2, -0.15) is 0 Å². The third-order valence-electron chi connectivity index (χ3n) is 3.57. The molecule has 2 aromatic rings. The van der Waals surface area contributed by atoms with Crippen LogP contribution in [0.15, 0.2) is 45.0 Å². The molecular formula is C16H18N2S2. The standard InChI is InChI=1S/C16H18N2S2/c1-2-8-16(18-12-14-6-4-10-20-14)15(7-1)17-11-13-5-3-9-19-13/h3-6,9-12,15-16H,1-2,7-8H2/t15-,16+. The number of hydrogen-bond acceptors (Lipinski definition) is 4. The zero-order valence-electron chi connectivity index (χ0n) is 11.3. The van der Waals surface area contributed by atoms with Gasteiger partial charge in [0.15, 0.2) is 0 Å². The molecule has 1 aliphatic carbocycles. The Bertz CT molecular complexity index is 503. The molecule has 20 heavy (non-hydrogen) atoms. The van der Waals surface area contributed by atoms with Crippen molar-refractivity contribution in [1.82, 2.24) is 0 Å². The summed E-state index contributed by atoms with van der Waals surface area (Å²) in [7, 11) is 0. The molecular weight excluding hydrogens is 284 g/mol. The molecule has 0 bridgehead atoms. The van der Waals surface area contributed by atoms with E-state index in [-0.39, 0.29) is 0 Å².